The smallest absolute Gasteiger partial charge is 0.258 e. The second kappa shape index (κ2) is 2.84. The van der Waals surface area contributed by atoms with Crippen LogP contribution in [-0.2, 0) is 0 Å². The van der Waals surface area contributed by atoms with Crippen LogP contribution in [0.25, 0.3) is 0 Å². The van der Waals surface area contributed by atoms with Crippen LogP contribution in [0.3, 0.4) is 0 Å². The minimum absolute atomic E-state index is 0.192. The van der Waals surface area contributed by atoms with E-state index in [0.29, 0.717) is 6.07 Å². The molecular formula is C7H4F2NO2. The van der Waals surface area contributed by atoms with Gasteiger partial charge >= 0.3 is 5.69 Å². The quantitative estimate of drug-likeness (QED) is 0.480. The van der Waals surface area contributed by atoms with Crippen LogP contribution in [0.5, 0.6) is 0 Å². The van der Waals surface area contributed by atoms with Gasteiger partial charge in [0.05, 0.1) is 4.92 Å². The lowest BCUT2D eigenvalue weighted by atomic mass is 10.2. The van der Waals surface area contributed by atoms with Gasteiger partial charge in [0.25, 0.3) is 0 Å². The maximum atomic E-state index is 12.6. The molecule has 1 radical (unpaired) electrons. The first-order chi connectivity index (χ1) is 5.52. The van der Waals surface area contributed by atoms with Crippen molar-refractivity contribution in [2.24, 2.45) is 0 Å². The van der Waals surface area contributed by atoms with E-state index < -0.39 is 22.2 Å². The van der Waals surface area contributed by atoms with Gasteiger partial charge in [0.1, 0.15) is 5.82 Å². The van der Waals surface area contributed by atoms with E-state index in [1.807, 2.05) is 0 Å². The molecule has 1 aromatic rings. The molecule has 0 spiro atoms. The zero-order chi connectivity index (χ0) is 9.30. The molecule has 0 saturated carbocycles. The van der Waals surface area contributed by atoms with Gasteiger partial charge < -0.3 is 0 Å². The molecule has 0 aliphatic heterocycles. The first kappa shape index (κ1) is 8.58. The zero-order valence-corrected chi connectivity index (χ0v) is 5.88. The summed E-state index contributed by atoms with van der Waals surface area (Å²) in [5.41, 5.74) is -0.954. The Balaban J connectivity index is 3.33. The number of hydrogen-bond donors (Lipinski definition) is 0. The molecule has 0 aliphatic rings. The summed E-state index contributed by atoms with van der Waals surface area (Å²) in [5.74, 6) is -2.08. The molecule has 0 aliphatic carbocycles. The predicted octanol–water partition coefficient (Wildman–Crippen LogP) is 2.06. The van der Waals surface area contributed by atoms with Crippen molar-refractivity contribution in [2.45, 2.75) is 0 Å². The van der Waals surface area contributed by atoms with Crippen molar-refractivity contribution >= 4 is 5.69 Å². The lowest BCUT2D eigenvalue weighted by Gasteiger charge is -1.96. The standard InChI is InChI=1S/C7H4F2NO2/c1-4-2-7(10(11)12)6(9)3-5(4)8/h2-3H,1H2. The largest absolute Gasteiger partial charge is 0.305 e. The van der Waals surface area contributed by atoms with Crippen LogP contribution in [0.2, 0.25) is 0 Å². The third-order valence-electron chi connectivity index (χ3n) is 1.31. The average Bonchev–Trinajstić information content (AvgIpc) is 1.96. The summed E-state index contributed by atoms with van der Waals surface area (Å²) in [7, 11) is 0. The molecule has 12 heavy (non-hydrogen) atoms. The van der Waals surface area contributed by atoms with Crippen molar-refractivity contribution in [3.05, 3.63) is 46.4 Å². The summed E-state index contributed by atoms with van der Waals surface area (Å²) in [5, 5.41) is 10.1. The topological polar surface area (TPSA) is 43.1 Å². The highest BCUT2D eigenvalue weighted by atomic mass is 19.1. The second-order valence-corrected chi connectivity index (χ2v) is 2.15. The van der Waals surface area contributed by atoms with Crippen LogP contribution in [0.1, 0.15) is 5.56 Å². The number of nitro benzene ring substituents is 1. The summed E-state index contributed by atoms with van der Waals surface area (Å²) in [6.45, 7) is 3.16. The fourth-order valence-electron chi connectivity index (χ4n) is 0.721. The van der Waals surface area contributed by atoms with Crippen molar-refractivity contribution in [2.75, 3.05) is 0 Å². The first-order valence-corrected chi connectivity index (χ1v) is 2.97. The summed E-state index contributed by atoms with van der Waals surface area (Å²) in [6, 6.07) is 1.20. The fraction of sp³-hybridized carbons (Fsp3) is 0. The molecule has 1 aromatic carbocycles. The Hall–Kier alpha value is -1.52. The summed E-state index contributed by atoms with van der Waals surface area (Å²) in [6.07, 6.45) is 0. The molecule has 5 heteroatoms. The Morgan fingerprint density at radius 2 is 1.92 bits per heavy atom. The maximum absolute atomic E-state index is 12.6. The highest BCUT2D eigenvalue weighted by Gasteiger charge is 2.15. The van der Waals surface area contributed by atoms with Gasteiger partial charge in [-0.25, -0.2) is 4.39 Å². The van der Waals surface area contributed by atoms with Gasteiger partial charge in [-0.2, -0.15) is 4.39 Å². The van der Waals surface area contributed by atoms with Crippen molar-refractivity contribution in [3.63, 3.8) is 0 Å². The van der Waals surface area contributed by atoms with Crippen molar-refractivity contribution in [1.29, 1.82) is 0 Å². The molecule has 0 N–H and O–H groups in total. The fourth-order valence-corrected chi connectivity index (χ4v) is 0.721. The van der Waals surface area contributed by atoms with Crippen LogP contribution in [0, 0.1) is 28.7 Å². The van der Waals surface area contributed by atoms with E-state index in [0.717, 1.165) is 6.07 Å². The predicted molar refractivity (Wildman–Crippen MR) is 37.5 cm³/mol. The van der Waals surface area contributed by atoms with Gasteiger partial charge in [-0.1, -0.05) is 0 Å². The number of nitro groups is 1. The van der Waals surface area contributed by atoms with Gasteiger partial charge in [0.15, 0.2) is 0 Å². The van der Waals surface area contributed by atoms with E-state index in [-0.39, 0.29) is 5.56 Å². The number of benzene rings is 1. The van der Waals surface area contributed by atoms with Gasteiger partial charge in [-0.05, 0) is 12.5 Å². The van der Waals surface area contributed by atoms with Crippen LogP contribution in [0.15, 0.2) is 12.1 Å². The molecule has 0 amide bonds. The van der Waals surface area contributed by atoms with E-state index in [1.54, 1.807) is 0 Å². The molecule has 0 unspecified atom stereocenters. The molecule has 0 aromatic heterocycles. The van der Waals surface area contributed by atoms with Crippen LogP contribution < -0.4 is 0 Å². The number of rotatable bonds is 1. The Morgan fingerprint density at radius 1 is 1.33 bits per heavy atom. The molecule has 0 fully saturated rings. The summed E-state index contributed by atoms with van der Waals surface area (Å²) >= 11 is 0. The Kier molecular flexibility index (Phi) is 2.03. The monoisotopic (exact) mass is 172 g/mol. The zero-order valence-electron chi connectivity index (χ0n) is 5.88. The minimum Gasteiger partial charge on any atom is -0.258 e. The van der Waals surface area contributed by atoms with E-state index >= 15 is 0 Å². The molecule has 0 saturated heterocycles. The highest BCUT2D eigenvalue weighted by molar-refractivity contribution is 5.38. The van der Waals surface area contributed by atoms with Gasteiger partial charge in [-0.15, -0.1) is 0 Å². The van der Waals surface area contributed by atoms with Crippen molar-refractivity contribution in [3.8, 4) is 0 Å². The van der Waals surface area contributed by atoms with E-state index in [4.69, 9.17) is 0 Å². The second-order valence-electron chi connectivity index (χ2n) is 2.15. The third kappa shape index (κ3) is 1.39. The molecule has 0 bridgehead atoms. The average molecular weight is 172 g/mol. The maximum Gasteiger partial charge on any atom is 0.305 e. The van der Waals surface area contributed by atoms with Crippen LogP contribution in [-0.4, -0.2) is 4.92 Å². The number of nitrogens with zero attached hydrogens (tertiary/aromatic N) is 1. The molecular weight excluding hydrogens is 168 g/mol. The van der Waals surface area contributed by atoms with Gasteiger partial charge in [-0.3, -0.25) is 10.1 Å². The normalized spacial score (nSPS) is 9.92. The summed E-state index contributed by atoms with van der Waals surface area (Å²) < 4.78 is 25.1. The lowest BCUT2D eigenvalue weighted by Crippen LogP contribution is -1.95. The van der Waals surface area contributed by atoms with Crippen molar-refractivity contribution < 1.29 is 13.7 Å². The van der Waals surface area contributed by atoms with Crippen LogP contribution in [0.4, 0.5) is 14.5 Å². The van der Waals surface area contributed by atoms with E-state index in [2.05, 4.69) is 6.92 Å². The van der Waals surface area contributed by atoms with Crippen molar-refractivity contribution in [1.82, 2.24) is 0 Å². The van der Waals surface area contributed by atoms with Gasteiger partial charge in [0, 0.05) is 12.1 Å². The molecule has 1 rings (SSSR count). The third-order valence-corrected chi connectivity index (χ3v) is 1.31. The van der Waals surface area contributed by atoms with Crippen LogP contribution >= 0.6 is 0 Å². The Labute approximate surface area is 66.8 Å². The SMILES string of the molecule is [CH2]c1cc([N+](=O)[O-])c(F)cc1F. The first-order valence-electron chi connectivity index (χ1n) is 2.97. The number of hydrogen-bond acceptors (Lipinski definition) is 2. The molecule has 0 heterocycles. The Bertz CT molecular complexity index is 338. The van der Waals surface area contributed by atoms with Gasteiger partial charge in [0.2, 0.25) is 5.82 Å². The Morgan fingerprint density at radius 3 is 2.42 bits per heavy atom. The molecule has 3 nitrogen and oxygen atoms in total. The lowest BCUT2D eigenvalue weighted by molar-refractivity contribution is -0.387. The van der Waals surface area contributed by atoms with E-state index in [1.165, 1.54) is 0 Å². The molecule has 63 valence electrons. The summed E-state index contributed by atoms with van der Waals surface area (Å²) in [4.78, 5) is 9.17. The minimum atomic E-state index is -1.19. The molecule has 0 atom stereocenters. The number of halogens is 2. The van der Waals surface area contributed by atoms with E-state index in [9.17, 15) is 18.9 Å². The highest BCUT2D eigenvalue weighted by Crippen LogP contribution is 2.20.